The van der Waals surface area contributed by atoms with Crippen molar-refractivity contribution in [3.05, 3.63) is 74.2 Å². The highest BCUT2D eigenvalue weighted by molar-refractivity contribution is 7.19. The molecule has 0 spiro atoms. The first-order chi connectivity index (χ1) is 15.4. The normalized spacial score (nSPS) is 15.5. The van der Waals surface area contributed by atoms with Crippen LogP contribution in [0.3, 0.4) is 0 Å². The maximum atomic E-state index is 13.6. The Balaban J connectivity index is 1.68. The Morgan fingerprint density at radius 2 is 2.06 bits per heavy atom. The van der Waals surface area contributed by atoms with Gasteiger partial charge < -0.3 is 9.15 Å². The van der Waals surface area contributed by atoms with Crippen LogP contribution >= 0.6 is 22.9 Å². The zero-order chi connectivity index (χ0) is 22.0. The topological polar surface area (TPSA) is 74.6 Å². The van der Waals surface area contributed by atoms with Gasteiger partial charge in [-0.15, -0.1) is 16.4 Å². The second-order valence-electron chi connectivity index (χ2n) is 8.52. The van der Waals surface area contributed by atoms with Gasteiger partial charge in [0, 0.05) is 16.3 Å². The van der Waals surface area contributed by atoms with Crippen molar-refractivity contribution in [2.24, 2.45) is 0 Å². The van der Waals surface area contributed by atoms with Gasteiger partial charge in [0.2, 0.25) is 5.82 Å². The summed E-state index contributed by atoms with van der Waals surface area (Å²) in [7, 11) is 0. The Kier molecular flexibility index (Phi) is 4.33. The predicted octanol–water partition coefficient (Wildman–Crippen LogP) is 4.92. The first-order valence-corrected chi connectivity index (χ1v) is 11.5. The number of ether oxygens (including phenoxy) is 1. The second-order valence-corrected chi connectivity index (χ2v) is 10.0. The van der Waals surface area contributed by atoms with Crippen molar-refractivity contribution in [1.82, 2.24) is 19.2 Å². The fourth-order valence-electron chi connectivity index (χ4n) is 4.21. The Bertz CT molecular complexity index is 1550. The summed E-state index contributed by atoms with van der Waals surface area (Å²) < 4.78 is 14.7. The van der Waals surface area contributed by atoms with Crippen molar-refractivity contribution >= 4 is 38.8 Å². The first kappa shape index (κ1) is 19.7. The molecule has 7 nitrogen and oxygen atoms in total. The van der Waals surface area contributed by atoms with Crippen LogP contribution in [0.25, 0.3) is 27.4 Å². The molecule has 162 valence electrons. The lowest BCUT2D eigenvalue weighted by Gasteiger charge is -2.30. The van der Waals surface area contributed by atoms with Gasteiger partial charge in [0.15, 0.2) is 11.4 Å². The number of halogens is 1. The van der Waals surface area contributed by atoms with Crippen molar-refractivity contribution in [2.45, 2.75) is 39.0 Å². The summed E-state index contributed by atoms with van der Waals surface area (Å²) in [6.07, 6.45) is 2.30. The van der Waals surface area contributed by atoms with Crippen molar-refractivity contribution in [3.8, 4) is 11.6 Å². The van der Waals surface area contributed by atoms with Gasteiger partial charge in [-0.25, -0.2) is 9.78 Å². The van der Waals surface area contributed by atoms with E-state index in [1.54, 1.807) is 34.3 Å². The molecule has 0 N–H and O–H groups in total. The Hall–Kier alpha value is -2.94. The van der Waals surface area contributed by atoms with E-state index in [4.69, 9.17) is 25.7 Å². The van der Waals surface area contributed by atoms with E-state index < -0.39 is 0 Å². The molecule has 0 unspecified atom stereocenters. The minimum Gasteiger partial charge on any atom is -0.461 e. The van der Waals surface area contributed by atoms with Crippen LogP contribution in [0.15, 0.2) is 51.9 Å². The summed E-state index contributed by atoms with van der Waals surface area (Å²) in [6, 6.07) is 11.1. The molecule has 5 aromatic rings. The number of hydrogen-bond acceptors (Lipinski definition) is 6. The van der Waals surface area contributed by atoms with E-state index >= 15 is 0 Å². The van der Waals surface area contributed by atoms with Crippen LogP contribution in [0, 0.1) is 0 Å². The number of thiophene rings is 1. The van der Waals surface area contributed by atoms with Crippen LogP contribution in [0.2, 0.25) is 5.02 Å². The molecule has 0 bridgehead atoms. The Labute approximate surface area is 191 Å². The third-order valence-corrected chi connectivity index (χ3v) is 7.38. The number of hydrogen-bond donors (Lipinski definition) is 0. The van der Waals surface area contributed by atoms with E-state index in [1.807, 2.05) is 24.3 Å². The third-order valence-electron chi connectivity index (χ3n) is 5.78. The van der Waals surface area contributed by atoms with Crippen molar-refractivity contribution < 1.29 is 9.15 Å². The average molecular weight is 467 g/mol. The van der Waals surface area contributed by atoms with Gasteiger partial charge in [-0.2, -0.15) is 4.52 Å². The van der Waals surface area contributed by atoms with Gasteiger partial charge in [0.05, 0.1) is 30.4 Å². The molecular formula is C23H19ClN4O3S. The molecule has 5 heterocycles. The highest BCUT2D eigenvalue weighted by Crippen LogP contribution is 2.40. The highest BCUT2D eigenvalue weighted by atomic mass is 35.5. The highest BCUT2D eigenvalue weighted by Gasteiger charge is 2.32. The third kappa shape index (κ3) is 3.02. The van der Waals surface area contributed by atoms with Gasteiger partial charge in [-0.1, -0.05) is 29.8 Å². The number of benzene rings is 1. The number of rotatable bonds is 3. The van der Waals surface area contributed by atoms with Crippen LogP contribution in [0.5, 0.6) is 0 Å². The van der Waals surface area contributed by atoms with Crippen LogP contribution in [-0.2, 0) is 24.3 Å². The minimum atomic E-state index is -0.300. The van der Waals surface area contributed by atoms with E-state index in [0.717, 1.165) is 32.6 Å². The van der Waals surface area contributed by atoms with E-state index in [0.29, 0.717) is 35.4 Å². The molecule has 1 aliphatic rings. The second kappa shape index (κ2) is 7.03. The zero-order valence-electron chi connectivity index (χ0n) is 17.5. The lowest BCUT2D eigenvalue weighted by molar-refractivity contribution is -0.0379. The molecule has 0 atom stereocenters. The van der Waals surface area contributed by atoms with E-state index in [1.165, 1.54) is 4.52 Å². The van der Waals surface area contributed by atoms with E-state index in [-0.39, 0.29) is 11.3 Å². The van der Waals surface area contributed by atoms with Gasteiger partial charge in [0.25, 0.3) is 0 Å². The molecule has 9 heteroatoms. The van der Waals surface area contributed by atoms with Crippen LogP contribution in [-0.4, -0.2) is 24.8 Å². The summed E-state index contributed by atoms with van der Waals surface area (Å²) in [5.74, 6) is 0.904. The lowest BCUT2D eigenvalue weighted by atomic mass is 9.94. The molecule has 0 radical (unpaired) electrons. The molecule has 0 saturated carbocycles. The molecule has 4 aromatic heterocycles. The molecule has 1 aliphatic heterocycles. The summed E-state index contributed by atoms with van der Waals surface area (Å²) in [5, 5.41) is 6.07. The Morgan fingerprint density at radius 1 is 1.22 bits per heavy atom. The molecule has 0 saturated heterocycles. The zero-order valence-corrected chi connectivity index (χ0v) is 19.0. The summed E-state index contributed by atoms with van der Waals surface area (Å²) >= 11 is 8.01. The van der Waals surface area contributed by atoms with Crippen LogP contribution in [0.4, 0.5) is 0 Å². The molecule has 32 heavy (non-hydrogen) atoms. The minimum absolute atomic E-state index is 0.267. The van der Waals surface area contributed by atoms with Crippen molar-refractivity contribution in [3.63, 3.8) is 0 Å². The molecule has 0 fully saturated rings. The van der Waals surface area contributed by atoms with Crippen LogP contribution < -0.4 is 5.69 Å². The van der Waals surface area contributed by atoms with E-state index in [2.05, 4.69) is 18.9 Å². The Morgan fingerprint density at radius 3 is 2.84 bits per heavy atom. The number of aromatic nitrogens is 4. The SMILES string of the molecule is CC1(C)Cc2c(sc3c2c2nc(-c4ccco4)nn2c(=O)n3Cc2ccccc2Cl)CO1. The van der Waals surface area contributed by atoms with Crippen LogP contribution in [0.1, 0.15) is 29.9 Å². The fraction of sp³-hybridized carbons (Fsp3) is 0.261. The van der Waals surface area contributed by atoms with Gasteiger partial charge in [0.1, 0.15) is 4.83 Å². The fourth-order valence-corrected chi connectivity index (χ4v) is 5.63. The smallest absolute Gasteiger partial charge is 0.352 e. The summed E-state index contributed by atoms with van der Waals surface area (Å²) in [6.45, 7) is 5.00. The monoisotopic (exact) mass is 466 g/mol. The average Bonchev–Trinajstić information content (AvgIpc) is 3.49. The molecule has 0 amide bonds. The van der Waals surface area contributed by atoms with E-state index in [9.17, 15) is 4.79 Å². The quantitative estimate of drug-likeness (QED) is 0.377. The van der Waals surface area contributed by atoms with Gasteiger partial charge >= 0.3 is 5.69 Å². The van der Waals surface area contributed by atoms with Crippen molar-refractivity contribution in [1.29, 1.82) is 0 Å². The standard InChI is InChI=1S/C23H19ClN4O3S/c1-23(2)10-14-17(12-31-23)32-21-18(14)20-25-19(16-8-5-9-30-16)26-28(20)22(29)27(21)11-13-6-3-4-7-15(13)24/h3-9H,10-12H2,1-2H3. The molecule has 6 rings (SSSR count). The number of furan rings is 1. The first-order valence-electron chi connectivity index (χ1n) is 10.3. The largest absolute Gasteiger partial charge is 0.461 e. The summed E-state index contributed by atoms with van der Waals surface area (Å²) in [4.78, 5) is 20.3. The van der Waals surface area contributed by atoms with Crippen molar-refractivity contribution in [2.75, 3.05) is 0 Å². The lowest BCUT2D eigenvalue weighted by Crippen LogP contribution is -2.31. The number of nitrogens with zero attached hydrogens (tertiary/aromatic N) is 4. The van der Waals surface area contributed by atoms with Gasteiger partial charge in [-0.05, 0) is 43.2 Å². The van der Waals surface area contributed by atoms with Gasteiger partial charge in [-0.3, -0.25) is 4.57 Å². The maximum Gasteiger partial charge on any atom is 0.352 e. The molecule has 1 aromatic carbocycles. The molecule has 0 aliphatic carbocycles. The predicted molar refractivity (Wildman–Crippen MR) is 123 cm³/mol. The molecular weight excluding hydrogens is 448 g/mol. The maximum absolute atomic E-state index is 13.6. The summed E-state index contributed by atoms with van der Waals surface area (Å²) in [5.41, 5.74) is 2.01. The number of fused-ring (bicyclic) bond motifs is 5.